The molecule has 1 amide bonds. The van der Waals surface area contributed by atoms with Crippen LogP contribution in [0.25, 0.3) is 5.69 Å². The molecule has 0 aliphatic carbocycles. The van der Waals surface area contributed by atoms with Gasteiger partial charge in [-0.15, -0.1) is 0 Å². The molecule has 27 heavy (non-hydrogen) atoms. The molecule has 0 aliphatic rings. The number of amides is 1. The second-order valence-corrected chi connectivity index (χ2v) is 6.64. The highest BCUT2D eigenvalue weighted by atomic mass is 35.5. The summed E-state index contributed by atoms with van der Waals surface area (Å²) in [6.07, 6.45) is 2.92. The molecule has 3 rings (SSSR count). The molecule has 1 aromatic heterocycles. The Hall–Kier alpha value is -3.12. The first-order valence-corrected chi connectivity index (χ1v) is 8.69. The summed E-state index contributed by atoms with van der Waals surface area (Å²) in [6, 6.07) is 12.4. The lowest BCUT2D eigenvalue weighted by Crippen LogP contribution is -2.41. The molecule has 0 bridgehead atoms. The minimum Gasteiger partial charge on any atom is -0.324 e. The molecule has 0 aliphatic heterocycles. The van der Waals surface area contributed by atoms with E-state index in [1.54, 1.807) is 30.3 Å². The normalized spacial score (nSPS) is 10.6. The minimum atomic E-state index is -0.765. The van der Waals surface area contributed by atoms with Crippen molar-refractivity contribution in [2.75, 3.05) is 5.32 Å². The third kappa shape index (κ3) is 4.01. The van der Waals surface area contributed by atoms with Gasteiger partial charge in [0, 0.05) is 23.1 Å². The van der Waals surface area contributed by atoms with E-state index in [2.05, 4.69) is 5.32 Å². The van der Waals surface area contributed by atoms with Gasteiger partial charge in [0.15, 0.2) is 0 Å². The van der Waals surface area contributed by atoms with Gasteiger partial charge in [-0.1, -0.05) is 35.9 Å². The van der Waals surface area contributed by atoms with Crippen LogP contribution in [0.15, 0.2) is 64.4 Å². The van der Waals surface area contributed by atoms with Crippen LogP contribution >= 0.6 is 11.6 Å². The number of aromatic nitrogens is 2. The fourth-order valence-corrected chi connectivity index (χ4v) is 2.90. The average molecular weight is 384 g/mol. The van der Waals surface area contributed by atoms with Gasteiger partial charge in [0.1, 0.15) is 6.54 Å². The zero-order valence-electron chi connectivity index (χ0n) is 14.9. The van der Waals surface area contributed by atoms with E-state index in [1.807, 2.05) is 26.0 Å². The van der Waals surface area contributed by atoms with E-state index >= 15 is 0 Å². The first kappa shape index (κ1) is 18.7. The van der Waals surface area contributed by atoms with E-state index < -0.39 is 17.0 Å². The van der Waals surface area contributed by atoms with Crippen molar-refractivity contribution in [3.05, 3.63) is 91.7 Å². The van der Waals surface area contributed by atoms with E-state index in [0.29, 0.717) is 16.4 Å². The van der Waals surface area contributed by atoms with Crippen LogP contribution < -0.4 is 16.4 Å². The van der Waals surface area contributed by atoms with Crippen LogP contribution in [0.2, 0.25) is 5.02 Å². The fraction of sp³-hybridized carbons (Fsp3) is 0.150. The summed E-state index contributed by atoms with van der Waals surface area (Å²) in [5.41, 5.74) is 1.43. The molecular formula is C20H18ClN3O3. The summed E-state index contributed by atoms with van der Waals surface area (Å²) in [5, 5.41) is 3.20. The van der Waals surface area contributed by atoms with Crippen LogP contribution in [0.5, 0.6) is 0 Å². The molecule has 7 heteroatoms. The van der Waals surface area contributed by atoms with Gasteiger partial charge in [-0.05, 0) is 43.2 Å². The monoisotopic (exact) mass is 383 g/mol. The largest absolute Gasteiger partial charge is 0.324 e. The highest BCUT2D eigenvalue weighted by Crippen LogP contribution is 2.20. The van der Waals surface area contributed by atoms with Crippen LogP contribution in [-0.4, -0.2) is 15.0 Å². The number of anilines is 1. The van der Waals surface area contributed by atoms with E-state index in [-0.39, 0.29) is 6.54 Å². The molecule has 0 unspecified atom stereocenters. The highest BCUT2D eigenvalue weighted by Gasteiger charge is 2.12. The third-order valence-corrected chi connectivity index (χ3v) is 4.46. The number of para-hydroxylation sites is 1. The number of halogens is 1. The second-order valence-electron chi connectivity index (χ2n) is 6.20. The molecule has 0 fully saturated rings. The molecule has 1 N–H and O–H groups in total. The van der Waals surface area contributed by atoms with Gasteiger partial charge in [0.05, 0.1) is 5.69 Å². The van der Waals surface area contributed by atoms with Gasteiger partial charge in [-0.3, -0.25) is 23.5 Å². The van der Waals surface area contributed by atoms with Crippen molar-refractivity contribution in [1.82, 2.24) is 9.13 Å². The van der Waals surface area contributed by atoms with E-state index in [0.717, 1.165) is 15.7 Å². The molecule has 3 aromatic rings. The first-order valence-electron chi connectivity index (χ1n) is 8.31. The summed E-state index contributed by atoms with van der Waals surface area (Å²) in [6.45, 7) is 3.42. The zero-order valence-corrected chi connectivity index (χ0v) is 15.7. The summed E-state index contributed by atoms with van der Waals surface area (Å²) >= 11 is 5.94. The average Bonchev–Trinajstić information content (AvgIpc) is 2.63. The highest BCUT2D eigenvalue weighted by molar-refractivity contribution is 6.31. The Morgan fingerprint density at radius 1 is 1.00 bits per heavy atom. The van der Waals surface area contributed by atoms with Crippen molar-refractivity contribution in [2.24, 2.45) is 0 Å². The van der Waals surface area contributed by atoms with Crippen molar-refractivity contribution < 1.29 is 4.79 Å². The molecule has 6 nitrogen and oxygen atoms in total. The molecule has 2 aromatic carbocycles. The van der Waals surface area contributed by atoms with Crippen molar-refractivity contribution in [3.63, 3.8) is 0 Å². The van der Waals surface area contributed by atoms with E-state index in [1.165, 1.54) is 17.0 Å². The number of hydrogen-bond acceptors (Lipinski definition) is 3. The molecule has 0 saturated heterocycles. The smallest absolute Gasteiger partial charge is 0.320 e. The maximum atomic E-state index is 12.5. The maximum absolute atomic E-state index is 12.5. The molecule has 0 spiro atoms. The Balaban J connectivity index is 1.86. The third-order valence-electron chi connectivity index (χ3n) is 4.22. The zero-order chi connectivity index (χ0) is 19.6. The van der Waals surface area contributed by atoms with Crippen LogP contribution in [0.4, 0.5) is 5.69 Å². The van der Waals surface area contributed by atoms with Crippen LogP contribution in [0.3, 0.4) is 0 Å². The number of nitrogens with zero attached hydrogens (tertiary/aromatic N) is 2. The van der Waals surface area contributed by atoms with Gasteiger partial charge in [0.25, 0.3) is 0 Å². The Morgan fingerprint density at radius 3 is 2.48 bits per heavy atom. The number of carbonyl (C=O) groups excluding carboxylic acids is 1. The minimum absolute atomic E-state index is 0.269. The predicted octanol–water partition coefficient (Wildman–Crippen LogP) is 2.91. The van der Waals surface area contributed by atoms with E-state index in [4.69, 9.17) is 11.6 Å². The van der Waals surface area contributed by atoms with Gasteiger partial charge >= 0.3 is 11.1 Å². The number of rotatable bonds is 4. The molecule has 0 radical (unpaired) electrons. The topological polar surface area (TPSA) is 73.1 Å². The lowest BCUT2D eigenvalue weighted by Gasteiger charge is -2.12. The van der Waals surface area contributed by atoms with E-state index in [9.17, 15) is 14.4 Å². The van der Waals surface area contributed by atoms with Crippen molar-refractivity contribution in [1.29, 1.82) is 0 Å². The molecule has 1 heterocycles. The Bertz CT molecular complexity index is 1130. The molecular weight excluding hydrogens is 366 g/mol. The SMILES string of the molecule is Cc1ccc(Cl)cc1NC(=O)Cn1ccn(-c2ccccc2C)c(=O)c1=O. The quantitative estimate of drug-likeness (QED) is 0.704. The number of nitrogens with one attached hydrogen (secondary N) is 1. The fourth-order valence-electron chi connectivity index (χ4n) is 2.73. The lowest BCUT2D eigenvalue weighted by molar-refractivity contribution is -0.116. The summed E-state index contributed by atoms with van der Waals surface area (Å²) in [7, 11) is 0. The van der Waals surface area contributed by atoms with Crippen LogP contribution in [-0.2, 0) is 11.3 Å². The maximum Gasteiger partial charge on any atom is 0.320 e. The van der Waals surface area contributed by atoms with Crippen LogP contribution in [0, 0.1) is 13.8 Å². The Morgan fingerprint density at radius 2 is 1.74 bits per heavy atom. The predicted molar refractivity (Wildman–Crippen MR) is 106 cm³/mol. The van der Waals surface area contributed by atoms with Gasteiger partial charge in [0.2, 0.25) is 5.91 Å². The van der Waals surface area contributed by atoms with Crippen LogP contribution in [0.1, 0.15) is 11.1 Å². The van der Waals surface area contributed by atoms with Crippen molar-refractivity contribution in [3.8, 4) is 5.69 Å². The van der Waals surface area contributed by atoms with Gasteiger partial charge in [-0.25, -0.2) is 0 Å². The van der Waals surface area contributed by atoms with Gasteiger partial charge in [-0.2, -0.15) is 0 Å². The number of hydrogen-bond donors (Lipinski definition) is 1. The Kier molecular flexibility index (Phi) is 5.28. The molecule has 0 saturated carbocycles. The number of carbonyl (C=O) groups is 1. The molecule has 0 atom stereocenters. The second kappa shape index (κ2) is 7.63. The summed E-state index contributed by atoms with van der Waals surface area (Å²) in [5.74, 6) is -0.421. The number of aryl methyl sites for hydroxylation is 2. The van der Waals surface area contributed by atoms with Gasteiger partial charge < -0.3 is 5.32 Å². The van der Waals surface area contributed by atoms with Crippen molar-refractivity contribution in [2.45, 2.75) is 20.4 Å². The van der Waals surface area contributed by atoms with Crippen molar-refractivity contribution >= 4 is 23.2 Å². The Labute approximate surface area is 160 Å². The number of benzene rings is 2. The summed E-state index contributed by atoms with van der Waals surface area (Å²) < 4.78 is 2.37. The summed E-state index contributed by atoms with van der Waals surface area (Å²) in [4.78, 5) is 37.2. The lowest BCUT2D eigenvalue weighted by atomic mass is 10.2. The molecule has 138 valence electrons. The standard InChI is InChI=1S/C20H18ClN3O3/c1-13-7-8-15(21)11-16(13)22-18(25)12-23-9-10-24(20(27)19(23)26)17-6-4-3-5-14(17)2/h3-11H,12H2,1-2H3,(H,22,25). The first-order chi connectivity index (χ1) is 12.9.